The third kappa shape index (κ3) is 3.72. The van der Waals surface area contributed by atoms with Crippen molar-refractivity contribution in [2.75, 3.05) is 4.90 Å². The van der Waals surface area contributed by atoms with Crippen LogP contribution in [0.15, 0.2) is 30.3 Å². The molecular formula is C17H26N2S. The second-order valence-corrected chi connectivity index (χ2v) is 6.50. The number of nitrogens with zero attached hydrogens (tertiary/aromatic N) is 1. The van der Waals surface area contributed by atoms with Crippen molar-refractivity contribution in [3.8, 4) is 0 Å². The Hall–Kier alpha value is -1.09. The first-order chi connectivity index (χ1) is 9.59. The summed E-state index contributed by atoms with van der Waals surface area (Å²) < 4.78 is 0. The van der Waals surface area contributed by atoms with E-state index in [4.69, 9.17) is 12.2 Å². The quantitative estimate of drug-likeness (QED) is 0.833. The Balaban J connectivity index is 2.08. The minimum Gasteiger partial charge on any atom is -0.359 e. The maximum absolute atomic E-state index is 5.68. The van der Waals surface area contributed by atoms with E-state index >= 15 is 0 Å². The molecule has 1 aromatic carbocycles. The van der Waals surface area contributed by atoms with Crippen molar-refractivity contribution in [1.29, 1.82) is 0 Å². The van der Waals surface area contributed by atoms with Crippen LogP contribution < -0.4 is 10.2 Å². The Labute approximate surface area is 128 Å². The Morgan fingerprint density at radius 1 is 1.20 bits per heavy atom. The van der Waals surface area contributed by atoms with Gasteiger partial charge in [0, 0.05) is 17.8 Å². The maximum atomic E-state index is 5.68. The van der Waals surface area contributed by atoms with Crippen molar-refractivity contribution in [2.24, 2.45) is 5.92 Å². The lowest BCUT2D eigenvalue weighted by Crippen LogP contribution is -2.50. The van der Waals surface area contributed by atoms with E-state index in [1.807, 2.05) is 6.07 Å². The largest absolute Gasteiger partial charge is 0.359 e. The molecule has 3 heteroatoms. The van der Waals surface area contributed by atoms with Crippen LogP contribution in [0.5, 0.6) is 0 Å². The van der Waals surface area contributed by atoms with E-state index in [1.54, 1.807) is 0 Å². The van der Waals surface area contributed by atoms with E-state index in [2.05, 4.69) is 55.3 Å². The minimum atomic E-state index is 0.358. The molecule has 2 nitrogen and oxygen atoms in total. The molecule has 0 bridgehead atoms. The van der Waals surface area contributed by atoms with Gasteiger partial charge < -0.3 is 10.2 Å². The summed E-state index contributed by atoms with van der Waals surface area (Å²) in [6, 6.07) is 11.3. The molecule has 0 amide bonds. The summed E-state index contributed by atoms with van der Waals surface area (Å²) in [6.07, 6.45) is 5.23. The number of para-hydroxylation sites is 1. The predicted octanol–water partition coefficient (Wildman–Crippen LogP) is 4.35. The van der Waals surface area contributed by atoms with Gasteiger partial charge in [0.15, 0.2) is 5.11 Å². The van der Waals surface area contributed by atoms with Gasteiger partial charge in [0.1, 0.15) is 0 Å². The Kier molecular flexibility index (Phi) is 5.41. The second kappa shape index (κ2) is 7.07. The van der Waals surface area contributed by atoms with E-state index in [0.717, 1.165) is 5.11 Å². The van der Waals surface area contributed by atoms with Gasteiger partial charge in [-0.3, -0.25) is 0 Å². The molecule has 2 rings (SSSR count). The zero-order chi connectivity index (χ0) is 14.5. The highest BCUT2D eigenvalue weighted by molar-refractivity contribution is 7.80. The lowest BCUT2D eigenvalue weighted by atomic mass is 9.86. The summed E-state index contributed by atoms with van der Waals surface area (Å²) in [5.41, 5.74) is 1.17. The van der Waals surface area contributed by atoms with Gasteiger partial charge in [-0.15, -0.1) is 0 Å². The van der Waals surface area contributed by atoms with Crippen LogP contribution in [0, 0.1) is 5.92 Å². The van der Waals surface area contributed by atoms with Crippen LogP contribution in [-0.4, -0.2) is 17.2 Å². The van der Waals surface area contributed by atoms with Crippen LogP contribution in [0.3, 0.4) is 0 Å². The molecule has 0 spiro atoms. The van der Waals surface area contributed by atoms with Crippen LogP contribution in [0.1, 0.15) is 46.5 Å². The maximum Gasteiger partial charge on any atom is 0.173 e. The number of rotatable bonds is 3. The van der Waals surface area contributed by atoms with E-state index in [-0.39, 0.29) is 0 Å². The van der Waals surface area contributed by atoms with Gasteiger partial charge in [0.2, 0.25) is 0 Å². The smallest absolute Gasteiger partial charge is 0.173 e. The van der Waals surface area contributed by atoms with Gasteiger partial charge in [0.05, 0.1) is 0 Å². The first kappa shape index (κ1) is 15.3. The molecule has 0 unspecified atom stereocenters. The zero-order valence-corrected chi connectivity index (χ0v) is 13.6. The normalized spacial score (nSPS) is 22.6. The third-order valence-corrected chi connectivity index (χ3v) is 4.50. The summed E-state index contributed by atoms with van der Waals surface area (Å²) in [6.45, 7) is 6.71. The molecule has 20 heavy (non-hydrogen) atoms. The molecule has 1 aliphatic carbocycles. The molecule has 0 saturated heterocycles. The summed E-state index contributed by atoms with van der Waals surface area (Å²) in [7, 11) is 0. The molecule has 1 fully saturated rings. The number of benzene rings is 1. The van der Waals surface area contributed by atoms with Gasteiger partial charge >= 0.3 is 0 Å². The lowest BCUT2D eigenvalue weighted by molar-refractivity contribution is 0.308. The predicted molar refractivity (Wildman–Crippen MR) is 91.2 cm³/mol. The molecule has 1 saturated carbocycles. The van der Waals surface area contributed by atoms with Crippen molar-refractivity contribution < 1.29 is 0 Å². The molecule has 1 aromatic rings. The van der Waals surface area contributed by atoms with Crippen LogP contribution in [0.25, 0.3) is 0 Å². The van der Waals surface area contributed by atoms with Gasteiger partial charge in [-0.2, -0.15) is 0 Å². The Bertz CT molecular complexity index is 430. The molecule has 0 heterocycles. The molecular weight excluding hydrogens is 264 g/mol. The van der Waals surface area contributed by atoms with E-state index in [0.29, 0.717) is 18.0 Å². The topological polar surface area (TPSA) is 15.3 Å². The highest BCUT2D eigenvalue weighted by Gasteiger charge is 2.24. The third-order valence-electron chi connectivity index (χ3n) is 4.19. The van der Waals surface area contributed by atoms with E-state index in [1.165, 1.54) is 31.4 Å². The number of hydrogen-bond donors (Lipinski definition) is 1. The first-order valence-electron chi connectivity index (χ1n) is 7.74. The monoisotopic (exact) mass is 290 g/mol. The number of thiocarbonyl (C=S) groups is 1. The van der Waals surface area contributed by atoms with E-state index < -0.39 is 0 Å². The van der Waals surface area contributed by atoms with Crippen molar-refractivity contribution in [1.82, 2.24) is 5.32 Å². The summed E-state index contributed by atoms with van der Waals surface area (Å²) in [5.74, 6) is 0.714. The number of nitrogens with one attached hydrogen (secondary N) is 1. The van der Waals surface area contributed by atoms with Crippen molar-refractivity contribution in [2.45, 2.75) is 58.5 Å². The summed E-state index contributed by atoms with van der Waals surface area (Å²) >= 11 is 5.68. The average molecular weight is 290 g/mol. The van der Waals surface area contributed by atoms with Crippen molar-refractivity contribution in [3.63, 3.8) is 0 Å². The molecule has 0 aromatic heterocycles. The fraction of sp³-hybridized carbons (Fsp3) is 0.588. The van der Waals surface area contributed by atoms with Crippen LogP contribution >= 0.6 is 12.2 Å². The molecule has 2 atom stereocenters. The molecule has 0 radical (unpaired) electrons. The minimum absolute atomic E-state index is 0.358. The van der Waals surface area contributed by atoms with Crippen molar-refractivity contribution >= 4 is 23.0 Å². The molecule has 0 aliphatic heterocycles. The summed E-state index contributed by atoms with van der Waals surface area (Å²) in [5, 5.41) is 4.47. The van der Waals surface area contributed by atoms with Crippen LogP contribution in [0.2, 0.25) is 0 Å². The zero-order valence-electron chi connectivity index (χ0n) is 12.8. The molecule has 110 valence electrons. The molecule has 1 aliphatic rings. The van der Waals surface area contributed by atoms with Crippen LogP contribution in [0.4, 0.5) is 5.69 Å². The average Bonchev–Trinajstić information content (AvgIpc) is 2.42. The Morgan fingerprint density at radius 2 is 1.85 bits per heavy atom. The fourth-order valence-corrected chi connectivity index (χ4v) is 3.46. The summed E-state index contributed by atoms with van der Waals surface area (Å²) in [4.78, 5) is 2.22. The van der Waals surface area contributed by atoms with Crippen molar-refractivity contribution in [3.05, 3.63) is 30.3 Å². The first-order valence-corrected chi connectivity index (χ1v) is 8.15. The van der Waals surface area contributed by atoms with Gasteiger partial charge in [-0.05, 0) is 57.0 Å². The molecule has 1 N–H and O–H groups in total. The number of hydrogen-bond acceptors (Lipinski definition) is 1. The Morgan fingerprint density at radius 3 is 2.45 bits per heavy atom. The lowest BCUT2D eigenvalue weighted by Gasteiger charge is -2.36. The highest BCUT2D eigenvalue weighted by Crippen LogP contribution is 2.25. The van der Waals surface area contributed by atoms with Gasteiger partial charge in [-0.25, -0.2) is 0 Å². The van der Waals surface area contributed by atoms with E-state index in [9.17, 15) is 0 Å². The van der Waals surface area contributed by atoms with Gasteiger partial charge in [-0.1, -0.05) is 38.0 Å². The highest BCUT2D eigenvalue weighted by atomic mass is 32.1. The second-order valence-electron chi connectivity index (χ2n) is 6.12. The number of anilines is 1. The fourth-order valence-electron chi connectivity index (χ4n) is 3.00. The van der Waals surface area contributed by atoms with Crippen LogP contribution in [-0.2, 0) is 0 Å². The standard InChI is InChI=1S/C17H26N2S/c1-13(2)19(15-10-5-4-6-11-15)17(20)18-16-12-8-7-9-14(16)3/h4-6,10-11,13-14,16H,7-9,12H2,1-3H3,(H,18,20)/t14-,16-/m0/s1. The SMILES string of the molecule is CC(C)N(C(=S)N[C@H]1CCCC[C@@H]1C)c1ccccc1. The van der Waals surface area contributed by atoms with Gasteiger partial charge in [0.25, 0.3) is 0 Å².